The number of aliphatic hydroxyl groups excluding tert-OH is 1. The highest BCUT2D eigenvalue weighted by atomic mass is 16.6. The van der Waals surface area contributed by atoms with E-state index in [1.807, 2.05) is 6.92 Å². The Hall–Kier alpha value is -1.47. The lowest BCUT2D eigenvalue weighted by atomic mass is 9.84. The fourth-order valence-electron chi connectivity index (χ4n) is 5.01. The molecule has 1 fully saturated rings. The molecule has 1 heterocycles. The monoisotopic (exact) mass is 536 g/mol. The van der Waals surface area contributed by atoms with Crippen molar-refractivity contribution >= 4 is 5.97 Å². The first kappa shape index (κ1) is 34.6. The Labute approximate surface area is 232 Å². The van der Waals surface area contributed by atoms with E-state index < -0.39 is 35.0 Å². The van der Waals surface area contributed by atoms with Gasteiger partial charge < -0.3 is 24.8 Å². The van der Waals surface area contributed by atoms with Crippen LogP contribution in [0.3, 0.4) is 0 Å². The number of carbonyl (C=O) groups is 1. The second-order valence-corrected chi connectivity index (χ2v) is 12.7. The first-order valence-electron chi connectivity index (χ1n) is 14.4. The van der Waals surface area contributed by atoms with Crippen molar-refractivity contribution in [3.8, 4) is 0 Å². The SMILES string of the molecule is CC(=O)O[C@@H](CCC(C)(O)C(O)CC/C=C(\C)CC/C=C(\C)CCC=C(C)C)[C@@]1(C)CC[C@@H](C(C)(C)O)O1. The van der Waals surface area contributed by atoms with Crippen LogP contribution >= 0.6 is 0 Å². The van der Waals surface area contributed by atoms with Gasteiger partial charge in [0, 0.05) is 6.92 Å². The summed E-state index contributed by atoms with van der Waals surface area (Å²) < 4.78 is 11.8. The molecule has 3 N–H and O–H groups in total. The fourth-order valence-corrected chi connectivity index (χ4v) is 5.01. The van der Waals surface area contributed by atoms with Gasteiger partial charge in [0.1, 0.15) is 11.7 Å². The van der Waals surface area contributed by atoms with E-state index in [1.54, 1.807) is 20.8 Å². The van der Waals surface area contributed by atoms with Crippen LogP contribution in [-0.4, -0.2) is 56.4 Å². The predicted octanol–water partition coefficient (Wildman–Crippen LogP) is 6.72. The first-order valence-corrected chi connectivity index (χ1v) is 14.4. The van der Waals surface area contributed by atoms with E-state index in [0.29, 0.717) is 32.1 Å². The summed E-state index contributed by atoms with van der Waals surface area (Å²) in [4.78, 5) is 11.8. The standard InChI is InChI=1S/C32H56O6/c1-23(2)13-10-14-24(3)15-11-16-25(4)17-12-18-27(34)31(8,36)21-19-29(37-26(5)33)32(9)22-20-28(38-32)30(6,7)35/h13,15,17,27-29,34-36H,10-12,14,16,18-22H2,1-9H3/b24-15+,25-17+/t27?,28-,29-,31?,32+/m0/s1. The summed E-state index contributed by atoms with van der Waals surface area (Å²) in [5, 5.41) is 32.2. The number of aliphatic hydroxyl groups is 3. The molecule has 6 nitrogen and oxygen atoms in total. The third-order valence-electron chi connectivity index (χ3n) is 7.78. The highest BCUT2D eigenvalue weighted by Gasteiger charge is 2.48. The smallest absolute Gasteiger partial charge is 0.303 e. The molecule has 1 saturated heterocycles. The summed E-state index contributed by atoms with van der Waals surface area (Å²) in [5.74, 6) is -0.412. The fraction of sp³-hybridized carbons (Fsp3) is 0.781. The van der Waals surface area contributed by atoms with Crippen LogP contribution in [0.25, 0.3) is 0 Å². The summed E-state index contributed by atoms with van der Waals surface area (Å²) in [6.45, 7) is 16.9. The lowest BCUT2D eigenvalue weighted by Gasteiger charge is -2.37. The molecule has 38 heavy (non-hydrogen) atoms. The molecule has 0 radical (unpaired) electrons. The number of carbonyl (C=O) groups excluding carboxylic acids is 1. The van der Waals surface area contributed by atoms with E-state index in [2.05, 4.69) is 45.9 Å². The molecular weight excluding hydrogens is 480 g/mol. The Balaban J connectivity index is 2.59. The highest BCUT2D eigenvalue weighted by molar-refractivity contribution is 5.66. The number of hydrogen-bond acceptors (Lipinski definition) is 6. The largest absolute Gasteiger partial charge is 0.459 e. The molecule has 0 spiro atoms. The molecule has 1 aliphatic heterocycles. The highest BCUT2D eigenvalue weighted by Crippen LogP contribution is 2.40. The van der Waals surface area contributed by atoms with Crippen LogP contribution in [0.4, 0.5) is 0 Å². The third kappa shape index (κ3) is 12.6. The minimum Gasteiger partial charge on any atom is -0.459 e. The number of allylic oxidation sites excluding steroid dienone is 6. The van der Waals surface area contributed by atoms with Gasteiger partial charge in [-0.25, -0.2) is 0 Å². The van der Waals surface area contributed by atoms with Gasteiger partial charge in [-0.3, -0.25) is 4.79 Å². The van der Waals surface area contributed by atoms with Crippen molar-refractivity contribution in [2.24, 2.45) is 0 Å². The topological polar surface area (TPSA) is 96.2 Å². The van der Waals surface area contributed by atoms with Gasteiger partial charge in [-0.1, -0.05) is 34.9 Å². The average Bonchev–Trinajstić information content (AvgIpc) is 3.20. The van der Waals surface area contributed by atoms with E-state index in [4.69, 9.17) is 9.47 Å². The average molecular weight is 537 g/mol. The second kappa shape index (κ2) is 15.4. The summed E-state index contributed by atoms with van der Waals surface area (Å²) in [6.07, 6.45) is 12.1. The van der Waals surface area contributed by atoms with Crippen molar-refractivity contribution in [1.82, 2.24) is 0 Å². The first-order chi connectivity index (χ1) is 17.5. The number of rotatable bonds is 16. The van der Waals surface area contributed by atoms with Gasteiger partial charge in [-0.05, 0) is 120 Å². The van der Waals surface area contributed by atoms with Crippen molar-refractivity contribution in [3.05, 3.63) is 34.9 Å². The van der Waals surface area contributed by atoms with Crippen LogP contribution < -0.4 is 0 Å². The lowest BCUT2D eigenvalue weighted by molar-refractivity contribution is -0.183. The number of ether oxygens (including phenoxy) is 2. The van der Waals surface area contributed by atoms with E-state index >= 15 is 0 Å². The van der Waals surface area contributed by atoms with Crippen molar-refractivity contribution in [2.75, 3.05) is 0 Å². The zero-order valence-corrected chi connectivity index (χ0v) is 25.6. The lowest BCUT2D eigenvalue weighted by Crippen LogP contribution is -2.47. The Morgan fingerprint density at radius 1 is 0.974 bits per heavy atom. The zero-order valence-electron chi connectivity index (χ0n) is 25.6. The molecule has 6 heteroatoms. The molecule has 0 aromatic rings. The molecule has 1 rings (SSSR count). The third-order valence-corrected chi connectivity index (χ3v) is 7.78. The number of hydrogen-bond donors (Lipinski definition) is 3. The van der Waals surface area contributed by atoms with E-state index in [0.717, 1.165) is 25.7 Å². The molecule has 0 bridgehead atoms. The van der Waals surface area contributed by atoms with Crippen molar-refractivity contribution in [2.45, 2.75) is 162 Å². The summed E-state index contributed by atoms with van der Waals surface area (Å²) in [7, 11) is 0. The van der Waals surface area contributed by atoms with Crippen LogP contribution in [0.15, 0.2) is 34.9 Å². The quantitative estimate of drug-likeness (QED) is 0.150. The summed E-state index contributed by atoms with van der Waals surface area (Å²) in [5.41, 5.74) is 0.992. The van der Waals surface area contributed by atoms with Gasteiger partial charge in [0.05, 0.1) is 23.4 Å². The molecule has 0 amide bonds. The molecule has 220 valence electrons. The molecule has 1 aliphatic rings. The molecule has 5 atom stereocenters. The molecule has 0 saturated carbocycles. The van der Waals surface area contributed by atoms with Gasteiger partial charge in [0.25, 0.3) is 0 Å². The molecule has 0 aromatic heterocycles. The van der Waals surface area contributed by atoms with Crippen LogP contribution in [0.2, 0.25) is 0 Å². The maximum absolute atomic E-state index is 11.8. The Bertz CT molecular complexity index is 827. The van der Waals surface area contributed by atoms with Crippen molar-refractivity contribution < 1.29 is 29.6 Å². The molecule has 2 unspecified atom stereocenters. The Morgan fingerprint density at radius 2 is 1.53 bits per heavy atom. The van der Waals surface area contributed by atoms with Gasteiger partial charge in [0.15, 0.2) is 0 Å². The number of esters is 1. The molecule has 0 aliphatic carbocycles. The van der Waals surface area contributed by atoms with E-state index in [9.17, 15) is 20.1 Å². The maximum atomic E-state index is 11.8. The molecule has 0 aromatic carbocycles. The van der Waals surface area contributed by atoms with Gasteiger partial charge in [-0.15, -0.1) is 0 Å². The van der Waals surface area contributed by atoms with E-state index in [1.165, 1.54) is 23.6 Å². The normalized spacial score (nSPS) is 24.1. The van der Waals surface area contributed by atoms with Gasteiger partial charge in [0.2, 0.25) is 0 Å². The summed E-state index contributed by atoms with van der Waals surface area (Å²) in [6, 6.07) is 0. The van der Waals surface area contributed by atoms with Crippen LogP contribution in [-0.2, 0) is 14.3 Å². The van der Waals surface area contributed by atoms with E-state index in [-0.39, 0.29) is 12.5 Å². The maximum Gasteiger partial charge on any atom is 0.303 e. The predicted molar refractivity (Wildman–Crippen MR) is 155 cm³/mol. The van der Waals surface area contributed by atoms with Crippen LogP contribution in [0, 0.1) is 0 Å². The minimum absolute atomic E-state index is 0.262. The Kier molecular flexibility index (Phi) is 14.0. The Morgan fingerprint density at radius 3 is 2.03 bits per heavy atom. The van der Waals surface area contributed by atoms with Gasteiger partial charge in [-0.2, -0.15) is 0 Å². The van der Waals surface area contributed by atoms with Crippen LogP contribution in [0.5, 0.6) is 0 Å². The zero-order chi connectivity index (χ0) is 29.1. The van der Waals surface area contributed by atoms with Crippen molar-refractivity contribution in [3.63, 3.8) is 0 Å². The summed E-state index contributed by atoms with van der Waals surface area (Å²) >= 11 is 0. The molecular formula is C32H56O6. The van der Waals surface area contributed by atoms with Crippen molar-refractivity contribution in [1.29, 1.82) is 0 Å². The van der Waals surface area contributed by atoms with Gasteiger partial charge >= 0.3 is 5.97 Å². The minimum atomic E-state index is -1.32. The van der Waals surface area contributed by atoms with Crippen LogP contribution in [0.1, 0.15) is 127 Å². The second-order valence-electron chi connectivity index (χ2n) is 12.7.